The Balaban J connectivity index is 1.51. The highest BCUT2D eigenvalue weighted by atomic mass is 16.5. The van der Waals surface area contributed by atoms with E-state index in [4.69, 9.17) is 14.1 Å². The normalized spacial score (nSPS) is 11.6. The van der Waals surface area contributed by atoms with Gasteiger partial charge in [-0.2, -0.15) is 9.78 Å². The molecule has 9 nitrogen and oxygen atoms in total. The maximum absolute atomic E-state index is 13.7. The van der Waals surface area contributed by atoms with Crippen LogP contribution in [0, 0.1) is 20.8 Å². The quantitative estimate of drug-likeness (QED) is 0.252. The summed E-state index contributed by atoms with van der Waals surface area (Å²) in [6.45, 7) is 5.66. The van der Waals surface area contributed by atoms with Crippen molar-refractivity contribution in [2.45, 2.75) is 20.8 Å². The lowest BCUT2D eigenvalue weighted by atomic mass is 10.1. The van der Waals surface area contributed by atoms with E-state index in [0.29, 0.717) is 33.6 Å². The van der Waals surface area contributed by atoms with Gasteiger partial charge >= 0.3 is 5.97 Å². The first kappa shape index (κ1) is 25.8. The number of furan rings is 1. The highest BCUT2D eigenvalue weighted by Crippen LogP contribution is 2.33. The van der Waals surface area contributed by atoms with Gasteiger partial charge in [-0.25, -0.2) is 9.78 Å². The first-order chi connectivity index (χ1) is 19.8. The van der Waals surface area contributed by atoms with E-state index in [2.05, 4.69) is 5.10 Å². The molecule has 0 unspecified atom stereocenters. The third-order valence-corrected chi connectivity index (χ3v) is 7.27. The Morgan fingerprint density at radius 2 is 1.78 bits per heavy atom. The average Bonchev–Trinajstić information content (AvgIpc) is 3.52. The van der Waals surface area contributed by atoms with Crippen LogP contribution in [0.2, 0.25) is 0 Å². The van der Waals surface area contributed by atoms with Crippen molar-refractivity contribution in [3.8, 4) is 23.0 Å². The molecular formula is C32H26N4O5. The number of aromatic carboxylic acids is 1. The van der Waals surface area contributed by atoms with Gasteiger partial charge in [-0.15, -0.1) is 0 Å². The molecule has 0 saturated carbocycles. The van der Waals surface area contributed by atoms with Crippen molar-refractivity contribution in [2.75, 3.05) is 7.11 Å². The summed E-state index contributed by atoms with van der Waals surface area (Å²) in [5.41, 5.74) is 4.94. The molecule has 0 atom stereocenters. The molecule has 204 valence electrons. The number of ether oxygens (including phenoxy) is 1. The summed E-state index contributed by atoms with van der Waals surface area (Å²) < 4.78 is 14.8. The van der Waals surface area contributed by atoms with Crippen molar-refractivity contribution in [3.05, 3.63) is 111 Å². The zero-order valence-corrected chi connectivity index (χ0v) is 22.9. The lowest BCUT2D eigenvalue weighted by Crippen LogP contribution is -2.20. The molecule has 3 heterocycles. The molecule has 0 amide bonds. The summed E-state index contributed by atoms with van der Waals surface area (Å²) in [6, 6.07) is 21.5. The Morgan fingerprint density at radius 1 is 1.00 bits per heavy atom. The number of hydrogen-bond acceptors (Lipinski definition) is 6. The monoisotopic (exact) mass is 546 g/mol. The van der Waals surface area contributed by atoms with Crippen LogP contribution in [-0.4, -0.2) is 38.6 Å². The van der Waals surface area contributed by atoms with Crippen LogP contribution in [0.4, 0.5) is 0 Å². The Kier molecular flexibility index (Phi) is 6.26. The molecule has 0 fully saturated rings. The predicted octanol–water partition coefficient (Wildman–Crippen LogP) is 6.11. The molecule has 0 aliphatic rings. The van der Waals surface area contributed by atoms with Gasteiger partial charge in [0.1, 0.15) is 11.3 Å². The first-order valence-corrected chi connectivity index (χ1v) is 12.9. The van der Waals surface area contributed by atoms with Crippen LogP contribution in [0.15, 0.2) is 87.1 Å². The smallest absolute Gasteiger partial charge is 0.336 e. The van der Waals surface area contributed by atoms with Crippen LogP contribution in [0.5, 0.6) is 5.75 Å². The van der Waals surface area contributed by atoms with E-state index >= 15 is 0 Å². The van der Waals surface area contributed by atoms with Gasteiger partial charge in [-0.1, -0.05) is 24.3 Å². The molecule has 1 N–H and O–H groups in total. The molecule has 41 heavy (non-hydrogen) atoms. The third kappa shape index (κ3) is 4.28. The number of rotatable bonds is 6. The number of aryl methyl sites for hydroxylation is 1. The van der Waals surface area contributed by atoms with Gasteiger partial charge in [0.25, 0.3) is 5.56 Å². The average molecular weight is 547 g/mol. The summed E-state index contributed by atoms with van der Waals surface area (Å²) >= 11 is 0. The van der Waals surface area contributed by atoms with E-state index in [-0.39, 0.29) is 16.9 Å². The van der Waals surface area contributed by atoms with Gasteiger partial charge in [0.2, 0.25) is 5.82 Å². The maximum Gasteiger partial charge on any atom is 0.336 e. The number of nitrogens with zero attached hydrogens (tertiary/aromatic N) is 4. The fourth-order valence-corrected chi connectivity index (χ4v) is 5.22. The molecule has 0 bridgehead atoms. The minimum absolute atomic E-state index is 0.242. The third-order valence-electron chi connectivity index (χ3n) is 7.27. The number of para-hydroxylation sites is 1. The van der Waals surface area contributed by atoms with Gasteiger partial charge in [-0.3, -0.25) is 4.79 Å². The summed E-state index contributed by atoms with van der Waals surface area (Å²) in [4.78, 5) is 30.2. The maximum atomic E-state index is 13.7. The van der Waals surface area contributed by atoms with E-state index < -0.39 is 5.97 Å². The number of methoxy groups -OCH3 is 1. The molecule has 6 rings (SSSR count). The standard InChI is InChI=1S/C32H26N4O5/c1-18-15-21(20(3)35(18)26-12-7-10-22(19(26)2)32(38)39)17-33-36-30(34-25-11-6-5-9-23(25)31(36)37)29-16-24-27(40-4)13-8-14-28(24)41-29/h5-17H,1-4H3,(H,38,39). The lowest BCUT2D eigenvalue weighted by Gasteiger charge is -2.14. The second-order valence-corrected chi connectivity index (χ2v) is 9.71. The van der Waals surface area contributed by atoms with Gasteiger partial charge < -0.3 is 18.8 Å². The Labute approximate surface area is 234 Å². The zero-order valence-electron chi connectivity index (χ0n) is 22.9. The van der Waals surface area contributed by atoms with Gasteiger partial charge in [-0.05, 0) is 74.9 Å². The summed E-state index contributed by atoms with van der Waals surface area (Å²) in [5.74, 6) is 0.288. The van der Waals surface area contributed by atoms with Crippen molar-refractivity contribution >= 4 is 34.1 Å². The van der Waals surface area contributed by atoms with E-state index in [9.17, 15) is 14.7 Å². The van der Waals surface area contributed by atoms with Crippen molar-refractivity contribution in [3.63, 3.8) is 0 Å². The van der Waals surface area contributed by atoms with Crippen LogP contribution in [0.1, 0.15) is 32.9 Å². The molecule has 0 spiro atoms. The van der Waals surface area contributed by atoms with Crippen LogP contribution in [0.25, 0.3) is 39.1 Å². The summed E-state index contributed by atoms with van der Waals surface area (Å²) in [6.07, 6.45) is 1.61. The number of hydrogen-bond donors (Lipinski definition) is 1. The number of fused-ring (bicyclic) bond motifs is 2. The predicted molar refractivity (Wildman–Crippen MR) is 158 cm³/mol. The molecule has 0 radical (unpaired) electrons. The van der Waals surface area contributed by atoms with Gasteiger partial charge in [0.05, 0.1) is 35.2 Å². The minimum Gasteiger partial charge on any atom is -0.496 e. The summed E-state index contributed by atoms with van der Waals surface area (Å²) in [7, 11) is 1.59. The van der Waals surface area contributed by atoms with Crippen LogP contribution >= 0.6 is 0 Å². The number of carboxylic acids is 1. The molecule has 0 aliphatic heterocycles. The van der Waals surface area contributed by atoms with E-state index in [0.717, 1.165) is 28.0 Å². The fourth-order valence-electron chi connectivity index (χ4n) is 5.22. The highest BCUT2D eigenvalue weighted by Gasteiger charge is 2.19. The summed E-state index contributed by atoms with van der Waals surface area (Å²) in [5, 5.41) is 15.4. The Hall–Kier alpha value is -5.44. The second-order valence-electron chi connectivity index (χ2n) is 9.71. The van der Waals surface area contributed by atoms with Crippen molar-refractivity contribution in [2.24, 2.45) is 5.10 Å². The van der Waals surface area contributed by atoms with Crippen molar-refractivity contribution in [1.82, 2.24) is 14.2 Å². The molecule has 0 saturated heterocycles. The zero-order chi connectivity index (χ0) is 28.8. The Bertz CT molecular complexity index is 2080. The second kappa shape index (κ2) is 9.95. The molecule has 6 aromatic rings. The van der Waals surface area contributed by atoms with Crippen molar-refractivity contribution < 1.29 is 19.1 Å². The Morgan fingerprint density at radius 3 is 2.56 bits per heavy atom. The number of benzene rings is 3. The molecule has 3 aromatic heterocycles. The molecular weight excluding hydrogens is 520 g/mol. The number of carbonyl (C=O) groups is 1. The van der Waals surface area contributed by atoms with E-state index in [1.807, 2.05) is 54.8 Å². The van der Waals surface area contributed by atoms with Crippen LogP contribution in [-0.2, 0) is 0 Å². The molecule has 0 aliphatic carbocycles. The van der Waals surface area contributed by atoms with E-state index in [1.165, 1.54) is 4.68 Å². The number of aromatic nitrogens is 3. The van der Waals surface area contributed by atoms with Gasteiger partial charge in [0.15, 0.2) is 5.76 Å². The fraction of sp³-hybridized carbons (Fsp3) is 0.125. The van der Waals surface area contributed by atoms with E-state index in [1.54, 1.807) is 56.6 Å². The first-order valence-electron chi connectivity index (χ1n) is 12.9. The van der Waals surface area contributed by atoms with Crippen LogP contribution < -0.4 is 10.3 Å². The topological polar surface area (TPSA) is 112 Å². The molecule has 9 heteroatoms. The van der Waals surface area contributed by atoms with Crippen LogP contribution in [0.3, 0.4) is 0 Å². The minimum atomic E-state index is -0.979. The SMILES string of the molecule is COc1cccc2oc(-c3nc4ccccc4c(=O)n3N=Cc3cc(C)n(-c4cccc(C(=O)O)c4C)c3C)cc12. The van der Waals surface area contributed by atoms with Gasteiger partial charge in [0, 0.05) is 22.6 Å². The largest absolute Gasteiger partial charge is 0.496 e. The van der Waals surface area contributed by atoms with Crippen molar-refractivity contribution in [1.29, 1.82) is 0 Å². The molecule has 3 aromatic carbocycles. The highest BCUT2D eigenvalue weighted by molar-refractivity contribution is 5.91. The number of carboxylic acid groups (broad SMARTS) is 1. The lowest BCUT2D eigenvalue weighted by molar-refractivity contribution is 0.0696.